The van der Waals surface area contributed by atoms with E-state index in [1.807, 2.05) is 38.1 Å². The lowest BCUT2D eigenvalue weighted by molar-refractivity contribution is -0.144. The number of rotatable bonds is 7. The van der Waals surface area contributed by atoms with Crippen LogP contribution in [0.2, 0.25) is 0 Å². The highest BCUT2D eigenvalue weighted by Gasteiger charge is 2.23. The van der Waals surface area contributed by atoms with Crippen LogP contribution < -0.4 is 14.4 Å². The summed E-state index contributed by atoms with van der Waals surface area (Å²) < 4.78 is 11.1. The van der Waals surface area contributed by atoms with Gasteiger partial charge < -0.3 is 24.4 Å². The number of anilines is 1. The minimum Gasteiger partial charge on any atom is -0.493 e. The lowest BCUT2D eigenvalue weighted by atomic mass is 10.2. The Morgan fingerprint density at radius 3 is 2.16 bits per heavy atom. The van der Waals surface area contributed by atoms with Gasteiger partial charge in [-0.25, -0.2) is 0 Å². The van der Waals surface area contributed by atoms with E-state index in [2.05, 4.69) is 36.1 Å². The van der Waals surface area contributed by atoms with E-state index in [-0.39, 0.29) is 12.0 Å². The average molecular weight is 443 g/mol. The number of hydrogen-bond acceptors (Lipinski definition) is 5. The first-order chi connectivity index (χ1) is 15.3. The standard InChI is InChI=1S/C17H24N2O5.C8H10/c1-12(2)24-15-10-13(4-5-14(15)23-3)18-6-8-19(9-7-18)16(20)11-17(21)22;1-2-8-6-4-3-5-7-8/h4-5,10,12H,6-9,11H2,1-3H3,(H,21,22);3-7H,2H2,1H3. The number of piperazine rings is 1. The van der Waals surface area contributed by atoms with E-state index in [1.165, 1.54) is 5.56 Å². The van der Waals surface area contributed by atoms with Gasteiger partial charge in [0.15, 0.2) is 11.5 Å². The molecule has 2 aromatic carbocycles. The summed E-state index contributed by atoms with van der Waals surface area (Å²) in [4.78, 5) is 26.2. The van der Waals surface area contributed by atoms with Crippen molar-refractivity contribution in [2.24, 2.45) is 0 Å². The molecule has 0 aromatic heterocycles. The number of carbonyl (C=O) groups is 2. The zero-order chi connectivity index (χ0) is 23.5. The smallest absolute Gasteiger partial charge is 0.312 e. The average Bonchev–Trinajstić information content (AvgIpc) is 2.79. The summed E-state index contributed by atoms with van der Waals surface area (Å²) >= 11 is 0. The van der Waals surface area contributed by atoms with E-state index in [4.69, 9.17) is 14.6 Å². The highest BCUT2D eigenvalue weighted by Crippen LogP contribution is 2.33. The third kappa shape index (κ3) is 7.80. The van der Waals surface area contributed by atoms with E-state index >= 15 is 0 Å². The Morgan fingerprint density at radius 2 is 1.66 bits per heavy atom. The van der Waals surface area contributed by atoms with Crippen LogP contribution >= 0.6 is 0 Å². The molecule has 0 bridgehead atoms. The zero-order valence-corrected chi connectivity index (χ0v) is 19.4. The van der Waals surface area contributed by atoms with Crippen molar-refractivity contribution >= 4 is 17.6 Å². The summed E-state index contributed by atoms with van der Waals surface area (Å²) in [6, 6.07) is 16.2. The summed E-state index contributed by atoms with van der Waals surface area (Å²) in [5.41, 5.74) is 2.41. The lowest BCUT2D eigenvalue weighted by Crippen LogP contribution is -2.49. The second-order valence-electron chi connectivity index (χ2n) is 7.78. The molecule has 7 heteroatoms. The van der Waals surface area contributed by atoms with Gasteiger partial charge in [-0.15, -0.1) is 0 Å². The van der Waals surface area contributed by atoms with Crippen molar-refractivity contribution in [3.05, 3.63) is 54.1 Å². The molecule has 32 heavy (non-hydrogen) atoms. The number of benzene rings is 2. The second-order valence-corrected chi connectivity index (χ2v) is 7.78. The first-order valence-electron chi connectivity index (χ1n) is 11.0. The second kappa shape index (κ2) is 12.6. The minimum absolute atomic E-state index is 0.0413. The quantitative estimate of drug-likeness (QED) is 0.656. The molecule has 1 N–H and O–H groups in total. The molecule has 0 unspecified atom stereocenters. The lowest BCUT2D eigenvalue weighted by Gasteiger charge is -2.36. The van der Waals surface area contributed by atoms with E-state index in [9.17, 15) is 9.59 Å². The van der Waals surface area contributed by atoms with Gasteiger partial charge in [-0.2, -0.15) is 0 Å². The van der Waals surface area contributed by atoms with Gasteiger partial charge in [0.1, 0.15) is 6.42 Å². The number of carboxylic acids is 1. The van der Waals surface area contributed by atoms with Gasteiger partial charge in [-0.1, -0.05) is 37.3 Å². The van der Waals surface area contributed by atoms with Gasteiger partial charge in [0.05, 0.1) is 13.2 Å². The fourth-order valence-corrected chi connectivity index (χ4v) is 3.38. The van der Waals surface area contributed by atoms with Crippen LogP contribution in [-0.2, 0) is 16.0 Å². The van der Waals surface area contributed by atoms with E-state index in [0.717, 1.165) is 12.1 Å². The predicted molar refractivity (Wildman–Crippen MR) is 126 cm³/mol. The number of hydrogen-bond donors (Lipinski definition) is 1. The van der Waals surface area contributed by atoms with Crippen molar-refractivity contribution in [1.29, 1.82) is 0 Å². The third-order valence-electron chi connectivity index (χ3n) is 5.06. The van der Waals surface area contributed by atoms with Gasteiger partial charge in [-0.05, 0) is 38.0 Å². The Labute approximate surface area is 190 Å². The van der Waals surface area contributed by atoms with Crippen molar-refractivity contribution < 1.29 is 24.2 Å². The molecule has 0 spiro atoms. The number of aryl methyl sites for hydroxylation is 1. The number of methoxy groups -OCH3 is 1. The van der Waals surface area contributed by atoms with Crippen LogP contribution in [-0.4, -0.2) is 61.3 Å². The molecule has 0 saturated carbocycles. The summed E-state index contributed by atoms with van der Waals surface area (Å²) in [7, 11) is 1.61. The number of ether oxygens (including phenoxy) is 2. The van der Waals surface area contributed by atoms with Crippen LogP contribution in [0.1, 0.15) is 32.8 Å². The zero-order valence-electron chi connectivity index (χ0n) is 19.4. The maximum Gasteiger partial charge on any atom is 0.312 e. The Bertz CT molecular complexity index is 862. The van der Waals surface area contributed by atoms with Crippen LogP contribution in [0.5, 0.6) is 11.5 Å². The molecule has 1 heterocycles. The number of nitrogens with zero attached hydrogens (tertiary/aromatic N) is 2. The molecular formula is C25H34N2O5. The van der Waals surface area contributed by atoms with Gasteiger partial charge in [0.2, 0.25) is 5.91 Å². The van der Waals surface area contributed by atoms with Crippen LogP contribution in [0.15, 0.2) is 48.5 Å². The molecule has 3 rings (SSSR count). The SMILES string of the molecule is CCc1ccccc1.COc1ccc(N2CCN(C(=O)CC(=O)O)CC2)cc1OC(C)C. The summed E-state index contributed by atoms with van der Waals surface area (Å²) in [6.07, 6.45) is 0.732. The minimum atomic E-state index is -1.09. The van der Waals surface area contributed by atoms with Gasteiger partial charge in [-0.3, -0.25) is 9.59 Å². The van der Waals surface area contributed by atoms with Crippen molar-refractivity contribution in [2.45, 2.75) is 39.7 Å². The number of carbonyl (C=O) groups excluding carboxylic acids is 1. The van der Waals surface area contributed by atoms with Gasteiger partial charge in [0, 0.05) is 37.9 Å². The van der Waals surface area contributed by atoms with Crippen molar-refractivity contribution in [1.82, 2.24) is 4.90 Å². The first kappa shape index (κ1) is 25.0. The van der Waals surface area contributed by atoms with Crippen LogP contribution in [0.3, 0.4) is 0 Å². The summed E-state index contributed by atoms with van der Waals surface area (Å²) in [6.45, 7) is 8.40. The van der Waals surface area contributed by atoms with E-state index in [0.29, 0.717) is 37.7 Å². The Kier molecular flexibility index (Phi) is 9.85. The third-order valence-corrected chi connectivity index (χ3v) is 5.06. The Hall–Kier alpha value is -3.22. The fourth-order valence-electron chi connectivity index (χ4n) is 3.38. The molecule has 7 nitrogen and oxygen atoms in total. The molecular weight excluding hydrogens is 408 g/mol. The molecule has 1 saturated heterocycles. The maximum atomic E-state index is 11.8. The summed E-state index contributed by atoms with van der Waals surface area (Å²) in [5, 5.41) is 8.71. The fraction of sp³-hybridized carbons (Fsp3) is 0.440. The predicted octanol–water partition coefficient (Wildman–Crippen LogP) is 3.85. The number of carboxylic acid groups (broad SMARTS) is 1. The summed E-state index contributed by atoms with van der Waals surface area (Å²) in [5.74, 6) is -0.0501. The van der Waals surface area contributed by atoms with Crippen LogP contribution in [0.25, 0.3) is 0 Å². The maximum absolute atomic E-state index is 11.8. The number of aliphatic carboxylic acids is 1. The van der Waals surface area contributed by atoms with Crippen LogP contribution in [0.4, 0.5) is 5.69 Å². The van der Waals surface area contributed by atoms with Crippen molar-refractivity contribution in [3.8, 4) is 11.5 Å². The van der Waals surface area contributed by atoms with Crippen LogP contribution in [0, 0.1) is 0 Å². The van der Waals surface area contributed by atoms with Crippen molar-refractivity contribution in [3.63, 3.8) is 0 Å². The molecule has 1 aliphatic rings. The highest BCUT2D eigenvalue weighted by molar-refractivity contribution is 5.93. The van der Waals surface area contributed by atoms with Gasteiger partial charge in [0.25, 0.3) is 0 Å². The molecule has 1 fully saturated rings. The molecule has 174 valence electrons. The molecule has 0 radical (unpaired) electrons. The van der Waals surface area contributed by atoms with E-state index in [1.54, 1.807) is 12.0 Å². The molecule has 0 atom stereocenters. The Morgan fingerprint density at radius 1 is 1.00 bits per heavy atom. The highest BCUT2D eigenvalue weighted by atomic mass is 16.5. The molecule has 1 amide bonds. The van der Waals surface area contributed by atoms with Gasteiger partial charge >= 0.3 is 5.97 Å². The van der Waals surface area contributed by atoms with E-state index < -0.39 is 12.4 Å². The monoisotopic (exact) mass is 442 g/mol. The number of amides is 1. The molecule has 1 aliphatic heterocycles. The largest absolute Gasteiger partial charge is 0.493 e. The molecule has 2 aromatic rings. The van der Waals surface area contributed by atoms with Crippen molar-refractivity contribution in [2.75, 3.05) is 38.2 Å². The molecule has 0 aliphatic carbocycles. The first-order valence-corrected chi connectivity index (χ1v) is 11.0. The topological polar surface area (TPSA) is 79.3 Å². The normalized spacial score (nSPS) is 13.3. The Balaban J connectivity index is 0.000000380.